The standard InChI is InChI=1S/C19H20F2N4OS/c1-3-23(11-14-15(20)7-6-8-16(14)21)13-25-19(27)24(12-22-25)17-9-4-5-10-18(17)26-2/h4-10,12H,3,11,13H2,1-2H3. The fraction of sp³-hybridized carbons (Fsp3) is 0.263. The Morgan fingerprint density at radius 3 is 2.48 bits per heavy atom. The first-order valence-corrected chi connectivity index (χ1v) is 8.89. The molecule has 3 rings (SSSR count). The Labute approximate surface area is 161 Å². The molecule has 1 aromatic heterocycles. The number of nitrogens with zero attached hydrogens (tertiary/aromatic N) is 4. The molecule has 0 saturated carbocycles. The molecule has 0 N–H and O–H groups in total. The molecule has 3 aromatic rings. The number of halogens is 2. The molecule has 0 atom stereocenters. The number of methoxy groups -OCH3 is 1. The first kappa shape index (κ1) is 19.2. The summed E-state index contributed by atoms with van der Waals surface area (Å²) in [6.07, 6.45) is 1.61. The van der Waals surface area contributed by atoms with Crippen LogP contribution in [-0.2, 0) is 13.2 Å². The van der Waals surface area contributed by atoms with Gasteiger partial charge in [0.05, 0.1) is 19.5 Å². The normalized spacial score (nSPS) is 11.1. The zero-order chi connectivity index (χ0) is 19.4. The number of benzene rings is 2. The van der Waals surface area contributed by atoms with Crippen LogP contribution in [-0.4, -0.2) is 32.9 Å². The number of para-hydroxylation sites is 2. The SMILES string of the molecule is CCN(Cc1c(F)cccc1F)Cn1ncn(-c2ccccc2OC)c1=S. The van der Waals surface area contributed by atoms with E-state index >= 15 is 0 Å². The van der Waals surface area contributed by atoms with Gasteiger partial charge in [-0.2, -0.15) is 5.10 Å². The lowest BCUT2D eigenvalue weighted by molar-refractivity contribution is 0.202. The van der Waals surface area contributed by atoms with E-state index in [1.54, 1.807) is 22.7 Å². The topological polar surface area (TPSA) is 35.2 Å². The number of rotatable bonds is 7. The molecule has 5 nitrogen and oxygen atoms in total. The molecule has 0 aliphatic heterocycles. The Morgan fingerprint density at radius 2 is 1.81 bits per heavy atom. The van der Waals surface area contributed by atoms with Crippen molar-refractivity contribution in [3.8, 4) is 11.4 Å². The smallest absolute Gasteiger partial charge is 0.203 e. The molecule has 8 heteroatoms. The molecule has 0 unspecified atom stereocenters. The summed E-state index contributed by atoms with van der Waals surface area (Å²) in [5, 5.41) is 4.33. The van der Waals surface area contributed by atoms with Crippen molar-refractivity contribution < 1.29 is 13.5 Å². The summed E-state index contributed by atoms with van der Waals surface area (Å²) >= 11 is 5.53. The largest absolute Gasteiger partial charge is 0.495 e. The summed E-state index contributed by atoms with van der Waals surface area (Å²) in [7, 11) is 1.59. The monoisotopic (exact) mass is 390 g/mol. The van der Waals surface area contributed by atoms with Gasteiger partial charge in [0.25, 0.3) is 0 Å². The maximum absolute atomic E-state index is 13.9. The van der Waals surface area contributed by atoms with E-state index in [-0.39, 0.29) is 12.1 Å². The third-order valence-corrected chi connectivity index (χ3v) is 4.71. The number of hydrogen-bond acceptors (Lipinski definition) is 4. The lowest BCUT2D eigenvalue weighted by Crippen LogP contribution is -2.27. The molecule has 0 amide bonds. The van der Waals surface area contributed by atoms with Crippen molar-refractivity contribution in [1.82, 2.24) is 19.2 Å². The van der Waals surface area contributed by atoms with Crippen LogP contribution < -0.4 is 4.74 Å². The zero-order valence-corrected chi connectivity index (χ0v) is 15.9. The second-order valence-corrected chi connectivity index (χ2v) is 6.31. The van der Waals surface area contributed by atoms with Crippen LogP contribution in [0.25, 0.3) is 5.69 Å². The van der Waals surface area contributed by atoms with E-state index in [1.165, 1.54) is 18.2 Å². The van der Waals surface area contributed by atoms with Gasteiger partial charge in [0.15, 0.2) is 0 Å². The van der Waals surface area contributed by atoms with E-state index in [1.807, 2.05) is 36.1 Å². The van der Waals surface area contributed by atoms with Gasteiger partial charge in [0.2, 0.25) is 4.77 Å². The highest BCUT2D eigenvalue weighted by molar-refractivity contribution is 7.71. The minimum atomic E-state index is -0.559. The molecular formula is C19H20F2N4OS. The van der Waals surface area contributed by atoms with Crippen LogP contribution in [0.15, 0.2) is 48.8 Å². The van der Waals surface area contributed by atoms with Crippen LogP contribution in [0.3, 0.4) is 0 Å². The fourth-order valence-corrected chi connectivity index (χ4v) is 3.04. The van der Waals surface area contributed by atoms with Crippen molar-refractivity contribution in [2.24, 2.45) is 0 Å². The molecule has 0 spiro atoms. The van der Waals surface area contributed by atoms with Crippen molar-refractivity contribution in [2.45, 2.75) is 20.1 Å². The van der Waals surface area contributed by atoms with E-state index in [0.29, 0.717) is 23.7 Å². The van der Waals surface area contributed by atoms with Crippen LogP contribution in [0.1, 0.15) is 12.5 Å². The Bertz CT molecular complexity index is 966. The molecule has 0 aliphatic carbocycles. The second-order valence-electron chi connectivity index (χ2n) is 5.94. The average Bonchev–Trinajstić information content (AvgIpc) is 3.04. The summed E-state index contributed by atoms with van der Waals surface area (Å²) in [6, 6.07) is 11.4. The zero-order valence-electron chi connectivity index (χ0n) is 15.1. The Kier molecular flexibility index (Phi) is 5.98. The molecule has 2 aromatic carbocycles. The van der Waals surface area contributed by atoms with Crippen molar-refractivity contribution in [1.29, 1.82) is 0 Å². The summed E-state index contributed by atoms with van der Waals surface area (Å²) in [6.45, 7) is 2.93. The van der Waals surface area contributed by atoms with Crippen molar-refractivity contribution in [3.63, 3.8) is 0 Å². The van der Waals surface area contributed by atoms with Crippen LogP contribution in [0.4, 0.5) is 8.78 Å². The van der Waals surface area contributed by atoms with Gasteiger partial charge >= 0.3 is 0 Å². The highest BCUT2D eigenvalue weighted by Crippen LogP contribution is 2.22. The first-order chi connectivity index (χ1) is 13.0. The second kappa shape index (κ2) is 8.41. The van der Waals surface area contributed by atoms with Crippen LogP contribution in [0.2, 0.25) is 0 Å². The van der Waals surface area contributed by atoms with Gasteiger partial charge in [-0.15, -0.1) is 0 Å². The van der Waals surface area contributed by atoms with Gasteiger partial charge in [0.1, 0.15) is 23.7 Å². The fourth-order valence-electron chi connectivity index (χ4n) is 2.79. The summed E-state index contributed by atoms with van der Waals surface area (Å²) < 4.78 is 37.1. The van der Waals surface area contributed by atoms with E-state index in [0.717, 1.165) is 5.69 Å². The van der Waals surface area contributed by atoms with Gasteiger partial charge in [-0.25, -0.2) is 13.5 Å². The van der Waals surface area contributed by atoms with Crippen LogP contribution >= 0.6 is 12.2 Å². The Morgan fingerprint density at radius 1 is 1.11 bits per heavy atom. The lowest BCUT2D eigenvalue weighted by atomic mass is 10.2. The molecule has 142 valence electrons. The number of hydrogen-bond donors (Lipinski definition) is 0. The molecule has 0 saturated heterocycles. The van der Waals surface area contributed by atoms with Crippen molar-refractivity contribution in [3.05, 3.63) is 70.8 Å². The first-order valence-electron chi connectivity index (χ1n) is 8.48. The summed E-state index contributed by atoms with van der Waals surface area (Å²) in [5.74, 6) is -0.442. The van der Waals surface area contributed by atoms with Gasteiger partial charge in [-0.3, -0.25) is 9.47 Å². The molecule has 1 heterocycles. The summed E-state index contributed by atoms with van der Waals surface area (Å²) in [5.41, 5.74) is 0.814. The minimum Gasteiger partial charge on any atom is -0.495 e. The van der Waals surface area contributed by atoms with E-state index < -0.39 is 11.6 Å². The van der Waals surface area contributed by atoms with Crippen LogP contribution in [0, 0.1) is 16.4 Å². The van der Waals surface area contributed by atoms with Crippen LogP contribution in [0.5, 0.6) is 5.75 Å². The van der Waals surface area contributed by atoms with Crippen molar-refractivity contribution in [2.75, 3.05) is 13.7 Å². The van der Waals surface area contributed by atoms with Crippen molar-refractivity contribution >= 4 is 12.2 Å². The third-order valence-electron chi connectivity index (χ3n) is 4.30. The van der Waals surface area contributed by atoms with Gasteiger partial charge < -0.3 is 4.74 Å². The van der Waals surface area contributed by atoms with E-state index in [9.17, 15) is 8.78 Å². The number of ether oxygens (including phenoxy) is 1. The maximum atomic E-state index is 13.9. The Balaban J connectivity index is 1.85. The molecule has 0 fully saturated rings. The van der Waals surface area contributed by atoms with Gasteiger partial charge in [0, 0.05) is 12.1 Å². The molecule has 0 aliphatic rings. The predicted octanol–water partition coefficient (Wildman–Crippen LogP) is 4.17. The maximum Gasteiger partial charge on any atom is 0.203 e. The lowest BCUT2D eigenvalue weighted by Gasteiger charge is -2.20. The molecule has 0 radical (unpaired) electrons. The minimum absolute atomic E-state index is 0.0371. The number of aromatic nitrogens is 3. The third kappa shape index (κ3) is 4.06. The van der Waals surface area contributed by atoms with E-state index in [2.05, 4.69) is 5.10 Å². The quantitative estimate of drug-likeness (QED) is 0.567. The highest BCUT2D eigenvalue weighted by Gasteiger charge is 2.15. The van der Waals surface area contributed by atoms with E-state index in [4.69, 9.17) is 17.0 Å². The Hall–Kier alpha value is -2.58. The molecular weight excluding hydrogens is 370 g/mol. The predicted molar refractivity (Wildman–Crippen MR) is 101 cm³/mol. The van der Waals surface area contributed by atoms with Gasteiger partial charge in [-0.05, 0) is 43.0 Å². The molecule has 0 bridgehead atoms. The summed E-state index contributed by atoms with van der Waals surface area (Å²) in [4.78, 5) is 1.86. The highest BCUT2D eigenvalue weighted by atomic mass is 32.1. The molecule has 27 heavy (non-hydrogen) atoms. The van der Waals surface area contributed by atoms with Gasteiger partial charge in [-0.1, -0.05) is 25.1 Å². The average molecular weight is 390 g/mol.